The zero-order chi connectivity index (χ0) is 24.9. The molecule has 1 N–H and O–H groups in total. The van der Waals surface area contributed by atoms with Gasteiger partial charge in [-0.1, -0.05) is 45.2 Å². The van der Waals surface area contributed by atoms with Crippen LogP contribution in [0.5, 0.6) is 11.5 Å². The highest BCUT2D eigenvalue weighted by Crippen LogP contribution is 2.30. The highest BCUT2D eigenvalue weighted by Gasteiger charge is 2.28. The van der Waals surface area contributed by atoms with E-state index < -0.39 is 22.5 Å². The second-order valence-corrected chi connectivity index (χ2v) is 10.8. The first-order valence-electron chi connectivity index (χ1n) is 9.85. The molecule has 0 saturated carbocycles. The zero-order valence-corrected chi connectivity index (χ0v) is 22.1. The smallest absolute Gasteiger partial charge is 0.243 e. The molecule has 0 aliphatic heterocycles. The second kappa shape index (κ2) is 11.4. The van der Waals surface area contributed by atoms with Crippen molar-refractivity contribution < 1.29 is 22.7 Å². The fourth-order valence-corrected chi connectivity index (χ4v) is 5.18. The number of nitrogens with zero attached hydrogens (tertiary/aromatic N) is 1. The Morgan fingerprint density at radius 1 is 1.00 bits per heavy atom. The van der Waals surface area contributed by atoms with Crippen LogP contribution in [0.25, 0.3) is 0 Å². The van der Waals surface area contributed by atoms with Crippen LogP contribution >= 0.6 is 39.1 Å². The van der Waals surface area contributed by atoms with Gasteiger partial charge in [-0.3, -0.25) is 4.79 Å². The number of benzene rings is 3. The number of hydrogen-bond donors (Lipinski definition) is 1. The van der Waals surface area contributed by atoms with Gasteiger partial charge in [-0.15, -0.1) is 0 Å². The lowest BCUT2D eigenvalue weighted by Gasteiger charge is -2.23. The molecule has 7 nitrogen and oxygen atoms in total. The number of ether oxygens (including phenoxy) is 2. The van der Waals surface area contributed by atoms with Crippen molar-refractivity contribution >= 4 is 60.7 Å². The van der Waals surface area contributed by atoms with E-state index in [1.165, 1.54) is 32.4 Å². The van der Waals surface area contributed by atoms with E-state index >= 15 is 0 Å². The Morgan fingerprint density at radius 2 is 1.71 bits per heavy atom. The van der Waals surface area contributed by atoms with Gasteiger partial charge >= 0.3 is 0 Å². The lowest BCUT2D eigenvalue weighted by Crippen LogP contribution is -2.37. The lowest BCUT2D eigenvalue weighted by atomic mass is 10.2. The average molecular weight is 588 g/mol. The van der Waals surface area contributed by atoms with E-state index in [1.54, 1.807) is 42.5 Å². The minimum absolute atomic E-state index is 0.0376. The van der Waals surface area contributed by atoms with Gasteiger partial charge in [-0.05, 0) is 54.1 Å². The average Bonchev–Trinajstić information content (AvgIpc) is 2.80. The van der Waals surface area contributed by atoms with Gasteiger partial charge in [0.25, 0.3) is 0 Å². The number of sulfonamides is 1. The Bertz CT molecular complexity index is 1290. The molecule has 3 rings (SSSR count). The van der Waals surface area contributed by atoms with Crippen LogP contribution in [-0.2, 0) is 21.4 Å². The first-order chi connectivity index (χ1) is 16.1. The number of anilines is 1. The first-order valence-corrected chi connectivity index (χ1v) is 12.8. The normalized spacial score (nSPS) is 11.4. The van der Waals surface area contributed by atoms with Crippen molar-refractivity contribution in [3.05, 3.63) is 80.7 Å². The summed E-state index contributed by atoms with van der Waals surface area (Å²) in [4.78, 5) is 13.0. The maximum absolute atomic E-state index is 13.4. The van der Waals surface area contributed by atoms with Crippen molar-refractivity contribution in [1.82, 2.24) is 4.31 Å². The van der Waals surface area contributed by atoms with Crippen LogP contribution in [0.2, 0.25) is 10.0 Å². The number of rotatable bonds is 9. The predicted octanol–water partition coefficient (Wildman–Crippen LogP) is 5.60. The number of carbonyl (C=O) groups is 1. The van der Waals surface area contributed by atoms with Gasteiger partial charge < -0.3 is 14.8 Å². The van der Waals surface area contributed by atoms with Crippen LogP contribution in [0, 0.1) is 0 Å². The molecular weight excluding hydrogens is 567 g/mol. The van der Waals surface area contributed by atoms with E-state index in [0.717, 1.165) is 8.78 Å². The Kier molecular flexibility index (Phi) is 8.83. The highest BCUT2D eigenvalue weighted by atomic mass is 79.9. The molecule has 0 aromatic heterocycles. The van der Waals surface area contributed by atoms with Gasteiger partial charge in [0.05, 0.1) is 31.3 Å². The number of halogens is 3. The van der Waals surface area contributed by atoms with Crippen molar-refractivity contribution in [2.45, 2.75) is 11.4 Å². The Labute approximate surface area is 216 Å². The third-order valence-electron chi connectivity index (χ3n) is 4.82. The van der Waals surface area contributed by atoms with Crippen molar-refractivity contribution in [3.63, 3.8) is 0 Å². The van der Waals surface area contributed by atoms with E-state index in [1.807, 2.05) is 0 Å². The molecule has 0 spiro atoms. The molecule has 0 saturated heterocycles. The zero-order valence-electron chi connectivity index (χ0n) is 18.2. The fourth-order valence-electron chi connectivity index (χ4n) is 3.07. The molecule has 1 amide bonds. The summed E-state index contributed by atoms with van der Waals surface area (Å²) in [7, 11) is -1.08. The van der Waals surface area contributed by atoms with E-state index in [9.17, 15) is 13.2 Å². The Hall–Kier alpha value is -2.30. The number of methoxy groups -OCH3 is 2. The molecule has 3 aromatic rings. The number of hydrogen-bond acceptors (Lipinski definition) is 5. The Morgan fingerprint density at radius 3 is 2.32 bits per heavy atom. The molecule has 0 fully saturated rings. The van der Waals surface area contributed by atoms with Crippen LogP contribution in [0.3, 0.4) is 0 Å². The summed E-state index contributed by atoms with van der Waals surface area (Å²) in [5.74, 6) is 0.358. The van der Waals surface area contributed by atoms with Crippen LogP contribution in [0.1, 0.15) is 5.56 Å². The molecule has 0 radical (unpaired) electrons. The summed E-state index contributed by atoms with van der Waals surface area (Å²) in [6.45, 7) is -0.603. The van der Waals surface area contributed by atoms with E-state index in [4.69, 9.17) is 32.7 Å². The third kappa shape index (κ3) is 6.43. The lowest BCUT2D eigenvalue weighted by molar-refractivity contribution is -0.116. The van der Waals surface area contributed by atoms with Crippen LogP contribution < -0.4 is 14.8 Å². The molecule has 0 atom stereocenters. The van der Waals surface area contributed by atoms with Gasteiger partial charge in [0, 0.05) is 27.1 Å². The SMILES string of the molecule is COc1ccc(NC(=O)CN(Cc2ccc(Cl)cc2Cl)S(=O)(=O)c2ccc(Br)cc2)c(OC)c1. The molecule has 180 valence electrons. The Balaban J connectivity index is 1.92. The van der Waals surface area contributed by atoms with E-state index in [-0.39, 0.29) is 11.4 Å². The summed E-state index contributed by atoms with van der Waals surface area (Å²) in [6.07, 6.45) is 0. The van der Waals surface area contributed by atoms with Crippen molar-refractivity contribution in [1.29, 1.82) is 0 Å². The van der Waals surface area contributed by atoms with Gasteiger partial charge in [0.1, 0.15) is 11.5 Å². The molecule has 0 aliphatic carbocycles. The maximum Gasteiger partial charge on any atom is 0.243 e. The van der Waals surface area contributed by atoms with Gasteiger partial charge in [0.2, 0.25) is 15.9 Å². The summed E-state index contributed by atoms with van der Waals surface area (Å²) in [5.41, 5.74) is 0.875. The highest BCUT2D eigenvalue weighted by molar-refractivity contribution is 9.10. The van der Waals surface area contributed by atoms with Gasteiger partial charge in [-0.25, -0.2) is 8.42 Å². The second-order valence-electron chi connectivity index (χ2n) is 7.08. The monoisotopic (exact) mass is 586 g/mol. The standard InChI is InChI=1S/C23H21BrCl2N2O5S/c1-32-18-7-10-21(22(12-18)33-2)27-23(29)14-28(13-15-3-6-17(25)11-20(15)26)34(30,31)19-8-4-16(24)5-9-19/h3-12H,13-14H2,1-2H3,(H,27,29). The molecule has 34 heavy (non-hydrogen) atoms. The van der Waals surface area contributed by atoms with Crippen molar-refractivity contribution in [2.24, 2.45) is 0 Å². The molecule has 0 unspecified atom stereocenters. The maximum atomic E-state index is 13.4. The molecule has 3 aromatic carbocycles. The fraction of sp³-hybridized carbons (Fsp3) is 0.174. The molecule has 0 aliphatic rings. The summed E-state index contributed by atoms with van der Waals surface area (Å²) < 4.78 is 39.1. The van der Waals surface area contributed by atoms with E-state index in [2.05, 4.69) is 21.2 Å². The summed E-state index contributed by atoms with van der Waals surface area (Å²) >= 11 is 15.6. The number of carbonyl (C=O) groups excluding carboxylic acids is 1. The van der Waals surface area contributed by atoms with Gasteiger partial charge in [-0.2, -0.15) is 4.31 Å². The molecule has 0 bridgehead atoms. The summed E-state index contributed by atoms with van der Waals surface area (Å²) in [6, 6.07) is 15.8. The van der Waals surface area contributed by atoms with Gasteiger partial charge in [0.15, 0.2) is 0 Å². The quantitative estimate of drug-likeness (QED) is 0.352. The van der Waals surface area contributed by atoms with Crippen molar-refractivity contribution in [3.8, 4) is 11.5 Å². The molecule has 0 heterocycles. The molecule has 11 heteroatoms. The summed E-state index contributed by atoms with van der Waals surface area (Å²) in [5, 5.41) is 3.41. The first kappa shape index (κ1) is 26.3. The minimum Gasteiger partial charge on any atom is -0.497 e. The largest absolute Gasteiger partial charge is 0.497 e. The minimum atomic E-state index is -4.05. The third-order valence-corrected chi connectivity index (χ3v) is 7.74. The predicted molar refractivity (Wildman–Crippen MR) is 136 cm³/mol. The van der Waals surface area contributed by atoms with Crippen LogP contribution in [0.15, 0.2) is 70.0 Å². The topological polar surface area (TPSA) is 84.9 Å². The van der Waals surface area contributed by atoms with E-state index in [0.29, 0.717) is 32.8 Å². The van der Waals surface area contributed by atoms with Crippen LogP contribution in [0.4, 0.5) is 5.69 Å². The van der Waals surface area contributed by atoms with Crippen LogP contribution in [-0.4, -0.2) is 39.4 Å². The number of amides is 1. The number of nitrogens with one attached hydrogen (secondary N) is 1. The van der Waals surface area contributed by atoms with Crippen molar-refractivity contribution in [2.75, 3.05) is 26.1 Å². The molecular formula is C23H21BrCl2N2O5S.